The molecule has 2 rings (SSSR count). The standard InChI is InChI=1S/C10H14N2O2S/c13-9(6-8-7-11-15-12-8)10(14)4-2-1-3-5-10/h7,14H,1-6H2. The molecule has 82 valence electrons. The Morgan fingerprint density at radius 3 is 2.80 bits per heavy atom. The summed E-state index contributed by atoms with van der Waals surface area (Å²) in [6.07, 6.45) is 6.01. The van der Waals surface area contributed by atoms with Crippen LogP contribution in [0.3, 0.4) is 0 Å². The van der Waals surface area contributed by atoms with Crippen molar-refractivity contribution in [1.82, 2.24) is 8.75 Å². The predicted molar refractivity (Wildman–Crippen MR) is 56.7 cm³/mol. The fraction of sp³-hybridized carbons (Fsp3) is 0.700. The average molecular weight is 226 g/mol. The summed E-state index contributed by atoms with van der Waals surface area (Å²) in [7, 11) is 0. The van der Waals surface area contributed by atoms with Crippen molar-refractivity contribution < 1.29 is 9.90 Å². The van der Waals surface area contributed by atoms with Gasteiger partial charge in [-0.2, -0.15) is 8.75 Å². The number of aromatic nitrogens is 2. The van der Waals surface area contributed by atoms with E-state index in [0.29, 0.717) is 18.5 Å². The van der Waals surface area contributed by atoms with E-state index in [1.807, 2.05) is 0 Å². The number of hydrogen-bond donors (Lipinski definition) is 1. The van der Waals surface area contributed by atoms with Crippen LogP contribution in [0.4, 0.5) is 0 Å². The first-order valence-electron chi connectivity index (χ1n) is 5.23. The van der Waals surface area contributed by atoms with Crippen LogP contribution in [0, 0.1) is 0 Å². The highest BCUT2D eigenvalue weighted by Gasteiger charge is 2.36. The highest BCUT2D eigenvalue weighted by atomic mass is 32.1. The highest BCUT2D eigenvalue weighted by molar-refractivity contribution is 6.99. The summed E-state index contributed by atoms with van der Waals surface area (Å²) in [5.41, 5.74) is -0.425. The van der Waals surface area contributed by atoms with E-state index in [-0.39, 0.29) is 12.2 Å². The molecule has 4 nitrogen and oxygen atoms in total. The van der Waals surface area contributed by atoms with E-state index in [1.165, 1.54) is 0 Å². The molecule has 0 radical (unpaired) electrons. The summed E-state index contributed by atoms with van der Waals surface area (Å²) in [5, 5.41) is 10.1. The van der Waals surface area contributed by atoms with Crippen LogP contribution in [0.1, 0.15) is 37.8 Å². The number of aliphatic hydroxyl groups is 1. The molecule has 5 heteroatoms. The molecule has 0 aromatic carbocycles. The monoisotopic (exact) mass is 226 g/mol. The summed E-state index contributed by atoms with van der Waals surface area (Å²) in [6.45, 7) is 0. The quantitative estimate of drug-likeness (QED) is 0.845. The summed E-state index contributed by atoms with van der Waals surface area (Å²) in [6, 6.07) is 0. The van der Waals surface area contributed by atoms with Crippen molar-refractivity contribution in [1.29, 1.82) is 0 Å². The Morgan fingerprint density at radius 2 is 2.20 bits per heavy atom. The lowest BCUT2D eigenvalue weighted by molar-refractivity contribution is -0.139. The van der Waals surface area contributed by atoms with E-state index in [4.69, 9.17) is 0 Å². The first kappa shape index (κ1) is 10.7. The van der Waals surface area contributed by atoms with E-state index in [2.05, 4.69) is 8.75 Å². The average Bonchev–Trinajstić information content (AvgIpc) is 2.71. The molecule has 1 N–H and O–H groups in total. The van der Waals surface area contributed by atoms with Gasteiger partial charge in [0, 0.05) is 0 Å². The van der Waals surface area contributed by atoms with Gasteiger partial charge >= 0.3 is 0 Å². The van der Waals surface area contributed by atoms with Gasteiger partial charge in [-0.1, -0.05) is 19.3 Å². The normalized spacial score (nSPS) is 20.1. The van der Waals surface area contributed by atoms with Gasteiger partial charge in [-0.25, -0.2) is 0 Å². The molecule has 1 saturated carbocycles. The van der Waals surface area contributed by atoms with Crippen molar-refractivity contribution >= 4 is 17.5 Å². The topological polar surface area (TPSA) is 63.1 Å². The van der Waals surface area contributed by atoms with Crippen LogP contribution in [0.2, 0.25) is 0 Å². The Labute approximate surface area is 92.7 Å². The third-order valence-electron chi connectivity index (χ3n) is 2.95. The molecule has 0 bridgehead atoms. The highest BCUT2D eigenvalue weighted by Crippen LogP contribution is 2.29. The number of carbonyl (C=O) groups is 1. The Kier molecular flexibility index (Phi) is 3.11. The minimum Gasteiger partial charge on any atom is -0.382 e. The molecule has 0 saturated heterocycles. The van der Waals surface area contributed by atoms with E-state index in [9.17, 15) is 9.90 Å². The lowest BCUT2D eigenvalue weighted by atomic mass is 9.80. The lowest BCUT2D eigenvalue weighted by Gasteiger charge is -2.30. The molecule has 1 aliphatic rings. The maximum absolute atomic E-state index is 11.9. The van der Waals surface area contributed by atoms with E-state index in [1.54, 1.807) is 6.20 Å². The van der Waals surface area contributed by atoms with Gasteiger partial charge in [0.05, 0.1) is 30.0 Å². The Bertz CT molecular complexity index is 331. The smallest absolute Gasteiger partial charge is 0.170 e. The van der Waals surface area contributed by atoms with Crippen molar-refractivity contribution in [2.24, 2.45) is 0 Å². The number of carbonyl (C=O) groups excluding carboxylic acids is 1. The summed E-state index contributed by atoms with van der Waals surface area (Å²) < 4.78 is 7.82. The van der Waals surface area contributed by atoms with Gasteiger partial charge in [-0.05, 0) is 12.8 Å². The molecule has 0 spiro atoms. The minimum atomic E-state index is -1.10. The molecule has 1 aliphatic carbocycles. The van der Waals surface area contributed by atoms with Crippen LogP contribution in [0.25, 0.3) is 0 Å². The molecule has 0 amide bonds. The van der Waals surface area contributed by atoms with Crippen LogP contribution in [0.15, 0.2) is 6.20 Å². The zero-order chi connectivity index (χ0) is 10.7. The maximum Gasteiger partial charge on any atom is 0.170 e. The van der Waals surface area contributed by atoms with Crippen molar-refractivity contribution in [3.63, 3.8) is 0 Å². The van der Waals surface area contributed by atoms with Crippen molar-refractivity contribution in [2.75, 3.05) is 0 Å². The molecule has 1 aromatic rings. The van der Waals surface area contributed by atoms with Gasteiger partial charge in [0.1, 0.15) is 5.60 Å². The SMILES string of the molecule is O=C(Cc1cnsn1)C1(O)CCCCC1. The van der Waals surface area contributed by atoms with Gasteiger partial charge in [-0.3, -0.25) is 4.79 Å². The van der Waals surface area contributed by atoms with Crippen molar-refractivity contribution in [2.45, 2.75) is 44.1 Å². The van der Waals surface area contributed by atoms with Crippen molar-refractivity contribution in [3.05, 3.63) is 11.9 Å². The number of ketones is 1. The third kappa shape index (κ3) is 2.41. The summed E-state index contributed by atoms with van der Waals surface area (Å²) in [5.74, 6) is -0.102. The zero-order valence-corrected chi connectivity index (χ0v) is 9.29. The predicted octanol–water partition coefficient (Wildman–Crippen LogP) is 1.34. The van der Waals surface area contributed by atoms with Crippen LogP contribution >= 0.6 is 11.7 Å². The molecular formula is C10H14N2O2S. The molecule has 1 heterocycles. The van der Waals surface area contributed by atoms with E-state index < -0.39 is 5.60 Å². The van der Waals surface area contributed by atoms with Gasteiger partial charge in [0.25, 0.3) is 0 Å². The van der Waals surface area contributed by atoms with Gasteiger partial charge in [-0.15, -0.1) is 0 Å². The van der Waals surface area contributed by atoms with E-state index in [0.717, 1.165) is 31.0 Å². The largest absolute Gasteiger partial charge is 0.382 e. The van der Waals surface area contributed by atoms with Crippen LogP contribution in [-0.4, -0.2) is 25.2 Å². The van der Waals surface area contributed by atoms with Gasteiger partial charge in [0.2, 0.25) is 0 Å². The summed E-state index contributed by atoms with van der Waals surface area (Å²) in [4.78, 5) is 11.9. The maximum atomic E-state index is 11.9. The van der Waals surface area contributed by atoms with Crippen LogP contribution in [-0.2, 0) is 11.2 Å². The molecule has 0 unspecified atom stereocenters. The fourth-order valence-corrected chi connectivity index (χ4v) is 2.44. The Balaban J connectivity index is 2.00. The summed E-state index contributed by atoms with van der Waals surface area (Å²) >= 11 is 1.09. The number of rotatable bonds is 3. The van der Waals surface area contributed by atoms with Gasteiger partial charge in [0.15, 0.2) is 5.78 Å². The van der Waals surface area contributed by atoms with E-state index >= 15 is 0 Å². The van der Waals surface area contributed by atoms with Crippen LogP contribution < -0.4 is 0 Å². The fourth-order valence-electron chi connectivity index (χ4n) is 2.01. The minimum absolute atomic E-state index is 0.102. The van der Waals surface area contributed by atoms with Crippen molar-refractivity contribution in [3.8, 4) is 0 Å². The lowest BCUT2D eigenvalue weighted by Crippen LogP contribution is -2.41. The first-order chi connectivity index (χ1) is 7.21. The first-order valence-corrected chi connectivity index (χ1v) is 5.96. The molecule has 0 aliphatic heterocycles. The Hall–Kier alpha value is -0.810. The zero-order valence-electron chi connectivity index (χ0n) is 8.48. The molecule has 1 aromatic heterocycles. The molecule has 0 atom stereocenters. The van der Waals surface area contributed by atoms with Crippen LogP contribution in [0.5, 0.6) is 0 Å². The molecule has 15 heavy (non-hydrogen) atoms. The second kappa shape index (κ2) is 4.37. The Morgan fingerprint density at radius 1 is 1.47 bits per heavy atom. The second-order valence-electron chi connectivity index (χ2n) is 4.09. The number of Topliss-reactive ketones (excluding diaryl/α,β-unsaturated/α-hetero) is 1. The number of hydrogen-bond acceptors (Lipinski definition) is 5. The van der Waals surface area contributed by atoms with Gasteiger partial charge < -0.3 is 5.11 Å². The second-order valence-corrected chi connectivity index (χ2v) is 4.65. The molecular weight excluding hydrogens is 212 g/mol. The third-order valence-corrected chi connectivity index (χ3v) is 3.46. The number of nitrogens with zero attached hydrogens (tertiary/aromatic N) is 2. The molecule has 1 fully saturated rings.